The number of fused-ring (bicyclic) bond motifs is 11. The van der Waals surface area contributed by atoms with E-state index in [1.807, 2.05) is 0 Å². The predicted octanol–water partition coefficient (Wildman–Crippen LogP) is 16.0. The van der Waals surface area contributed by atoms with Gasteiger partial charge in [-0.05, 0) is 120 Å². The van der Waals surface area contributed by atoms with Crippen LogP contribution in [0.3, 0.4) is 0 Å². The second-order valence-corrected chi connectivity index (χ2v) is 18.6. The Bertz CT molecular complexity index is 3260. The number of benzene rings is 9. The number of aromatic nitrogens is 1. The lowest BCUT2D eigenvalue weighted by Crippen LogP contribution is -2.18. The molecule has 0 amide bonds. The van der Waals surface area contributed by atoms with E-state index in [0.717, 1.165) is 33.1 Å². The third-order valence-electron chi connectivity index (χ3n) is 13.5. The molecule has 1 aromatic heterocycles. The molecule has 0 atom stereocenters. The number of thiazole rings is 1. The molecule has 0 fully saturated rings. The van der Waals surface area contributed by atoms with Gasteiger partial charge in [0.05, 0.1) is 10.2 Å². The maximum Gasteiger partial charge on any atom is 0.124 e. The van der Waals surface area contributed by atoms with Gasteiger partial charge in [-0.25, -0.2) is 4.98 Å². The smallest absolute Gasteiger partial charge is 0.124 e. The van der Waals surface area contributed by atoms with Gasteiger partial charge in [0.25, 0.3) is 0 Å². The fourth-order valence-corrected chi connectivity index (χ4v) is 11.3. The molecule has 0 bridgehead atoms. The molecule has 0 radical (unpaired) electrons. The minimum Gasteiger partial charge on any atom is -0.310 e. The van der Waals surface area contributed by atoms with Crippen molar-refractivity contribution in [1.82, 2.24) is 4.98 Å². The summed E-state index contributed by atoms with van der Waals surface area (Å²) < 4.78 is 1.21. The summed E-state index contributed by atoms with van der Waals surface area (Å²) in [5.74, 6) is 0. The predicted molar refractivity (Wildman–Crippen MR) is 255 cm³/mol. The van der Waals surface area contributed by atoms with E-state index in [1.54, 1.807) is 11.3 Å². The van der Waals surface area contributed by atoms with Crippen molar-refractivity contribution in [2.75, 3.05) is 4.90 Å². The molecule has 0 spiro atoms. The van der Waals surface area contributed by atoms with Crippen LogP contribution in [0.1, 0.15) is 49.9 Å². The van der Waals surface area contributed by atoms with Crippen molar-refractivity contribution in [3.8, 4) is 44.0 Å². The van der Waals surface area contributed by atoms with Gasteiger partial charge in [-0.1, -0.05) is 161 Å². The zero-order valence-electron chi connectivity index (χ0n) is 34.1. The Morgan fingerprint density at radius 3 is 1.60 bits per heavy atom. The Labute approximate surface area is 355 Å². The van der Waals surface area contributed by atoms with Crippen molar-refractivity contribution in [3.05, 3.63) is 204 Å². The Morgan fingerprint density at radius 2 is 0.950 bits per heavy atom. The first-order chi connectivity index (χ1) is 29.2. The lowest BCUT2D eigenvalue weighted by Gasteiger charge is -2.30. The average molecular weight is 787 g/mol. The highest BCUT2D eigenvalue weighted by Gasteiger charge is 2.37. The van der Waals surface area contributed by atoms with E-state index in [9.17, 15) is 0 Å². The molecule has 0 N–H and O–H groups in total. The largest absolute Gasteiger partial charge is 0.310 e. The lowest BCUT2D eigenvalue weighted by atomic mass is 9.82. The fourth-order valence-electron chi connectivity index (χ4n) is 10.3. The van der Waals surface area contributed by atoms with Crippen LogP contribution in [0.5, 0.6) is 0 Å². The summed E-state index contributed by atoms with van der Waals surface area (Å²) >= 11 is 1.76. The number of hydrogen-bond acceptors (Lipinski definition) is 3. The van der Waals surface area contributed by atoms with Gasteiger partial charge in [-0.15, -0.1) is 11.3 Å². The normalized spacial score (nSPS) is 14.3. The summed E-state index contributed by atoms with van der Waals surface area (Å²) in [4.78, 5) is 7.66. The van der Waals surface area contributed by atoms with Crippen LogP contribution in [0.4, 0.5) is 17.1 Å². The third-order valence-corrected chi connectivity index (χ3v) is 14.6. The second kappa shape index (κ2) is 12.8. The quantitative estimate of drug-likeness (QED) is 0.162. The monoisotopic (exact) mass is 786 g/mol. The molecule has 2 aliphatic carbocycles. The molecule has 2 aliphatic rings. The van der Waals surface area contributed by atoms with Crippen LogP contribution in [0.2, 0.25) is 0 Å². The van der Waals surface area contributed by atoms with Crippen LogP contribution >= 0.6 is 11.3 Å². The summed E-state index contributed by atoms with van der Waals surface area (Å²) in [6.07, 6.45) is 0. The summed E-state index contributed by atoms with van der Waals surface area (Å²) in [5.41, 5.74) is 18.7. The van der Waals surface area contributed by atoms with E-state index < -0.39 is 0 Å². The Hall–Kier alpha value is -6.81. The number of anilines is 3. The number of rotatable bonds is 5. The van der Waals surface area contributed by atoms with Gasteiger partial charge >= 0.3 is 0 Å². The molecular weight excluding hydrogens is 745 g/mol. The highest BCUT2D eigenvalue weighted by atomic mass is 32.1. The topological polar surface area (TPSA) is 16.1 Å². The Balaban J connectivity index is 0.962. The average Bonchev–Trinajstić information content (AvgIpc) is 3.90. The molecule has 12 rings (SSSR count). The van der Waals surface area contributed by atoms with E-state index in [2.05, 4.69) is 215 Å². The van der Waals surface area contributed by atoms with Gasteiger partial charge in [-0.2, -0.15) is 0 Å². The van der Waals surface area contributed by atoms with Gasteiger partial charge in [0.1, 0.15) is 5.01 Å². The summed E-state index contributed by atoms with van der Waals surface area (Å²) in [5, 5.41) is 5.95. The van der Waals surface area contributed by atoms with Crippen molar-refractivity contribution < 1.29 is 0 Å². The van der Waals surface area contributed by atoms with Crippen LogP contribution in [0, 0.1) is 0 Å². The molecule has 0 saturated carbocycles. The Kier molecular flexibility index (Phi) is 7.53. The standard InChI is InChI=1S/C57H42N2S/c1-56(2)48-16-10-8-14-44(48)46-29-26-41(33-50(46)56)59(42-27-30-47-45-15-9-11-17-49(45)57(3,4)51(47)34-42)40-24-20-35(21-25-40)38-22-28-43-39(32-38)19-18-36-23-31-52-54(53(36)43)58-55(60-52)37-12-6-5-7-13-37/h5-34H,1-4H3. The maximum absolute atomic E-state index is 5.21. The highest BCUT2D eigenvalue weighted by molar-refractivity contribution is 7.21. The first-order valence-corrected chi connectivity index (χ1v) is 21.8. The van der Waals surface area contributed by atoms with Crippen molar-refractivity contribution in [3.63, 3.8) is 0 Å². The first kappa shape index (κ1) is 35.2. The molecular formula is C57H42N2S. The summed E-state index contributed by atoms with van der Waals surface area (Å²) in [6, 6.07) is 67.5. The minimum absolute atomic E-state index is 0.101. The molecule has 3 heteroatoms. The van der Waals surface area contributed by atoms with Crippen LogP contribution in [-0.2, 0) is 10.8 Å². The molecule has 60 heavy (non-hydrogen) atoms. The molecule has 10 aromatic rings. The van der Waals surface area contributed by atoms with Crippen molar-refractivity contribution in [2.45, 2.75) is 38.5 Å². The van der Waals surface area contributed by atoms with Gasteiger partial charge < -0.3 is 4.90 Å². The summed E-state index contributed by atoms with van der Waals surface area (Å²) in [7, 11) is 0. The van der Waals surface area contributed by atoms with E-state index in [1.165, 1.54) is 81.9 Å². The molecule has 0 unspecified atom stereocenters. The molecule has 286 valence electrons. The lowest BCUT2D eigenvalue weighted by molar-refractivity contribution is 0.660. The third kappa shape index (κ3) is 5.15. The second-order valence-electron chi connectivity index (χ2n) is 17.6. The Morgan fingerprint density at radius 1 is 0.417 bits per heavy atom. The molecule has 9 aromatic carbocycles. The number of nitrogens with zero attached hydrogens (tertiary/aromatic N) is 2. The number of hydrogen-bond donors (Lipinski definition) is 0. The molecule has 0 saturated heterocycles. The van der Waals surface area contributed by atoms with E-state index in [-0.39, 0.29) is 10.8 Å². The maximum atomic E-state index is 5.21. The fraction of sp³-hybridized carbons (Fsp3) is 0.105. The van der Waals surface area contributed by atoms with Crippen molar-refractivity contribution >= 4 is 60.2 Å². The van der Waals surface area contributed by atoms with Crippen molar-refractivity contribution in [1.29, 1.82) is 0 Å². The van der Waals surface area contributed by atoms with Gasteiger partial charge in [0, 0.05) is 38.8 Å². The van der Waals surface area contributed by atoms with Gasteiger partial charge in [-0.3, -0.25) is 0 Å². The molecule has 0 aliphatic heterocycles. The van der Waals surface area contributed by atoms with Crippen LogP contribution in [0.15, 0.2) is 182 Å². The first-order valence-electron chi connectivity index (χ1n) is 20.9. The van der Waals surface area contributed by atoms with Crippen molar-refractivity contribution in [2.24, 2.45) is 0 Å². The van der Waals surface area contributed by atoms with Crippen LogP contribution in [-0.4, -0.2) is 4.98 Å². The van der Waals surface area contributed by atoms with E-state index in [4.69, 9.17) is 4.98 Å². The molecule has 2 nitrogen and oxygen atoms in total. The van der Waals surface area contributed by atoms with E-state index in [0.29, 0.717) is 0 Å². The molecule has 1 heterocycles. The zero-order chi connectivity index (χ0) is 40.3. The zero-order valence-corrected chi connectivity index (χ0v) is 34.9. The van der Waals surface area contributed by atoms with Crippen LogP contribution < -0.4 is 4.90 Å². The van der Waals surface area contributed by atoms with Gasteiger partial charge in [0.15, 0.2) is 0 Å². The van der Waals surface area contributed by atoms with E-state index >= 15 is 0 Å². The summed E-state index contributed by atoms with van der Waals surface area (Å²) in [6.45, 7) is 9.46. The SMILES string of the molecule is CC1(C)c2ccccc2-c2ccc(N(c3ccc(-c4ccc5c(ccc6ccc7sc(-c8ccccc8)nc7c65)c4)cc3)c3ccc4c(c3)C(C)(C)c3ccccc3-4)cc21. The highest BCUT2D eigenvalue weighted by Crippen LogP contribution is 2.53. The van der Waals surface area contributed by atoms with Gasteiger partial charge in [0.2, 0.25) is 0 Å². The minimum atomic E-state index is -0.101. The van der Waals surface area contributed by atoms with Crippen LogP contribution in [0.25, 0.3) is 75.7 Å².